The second-order valence-corrected chi connectivity index (χ2v) is 6.73. The lowest BCUT2D eigenvalue weighted by Crippen LogP contribution is -2.24. The number of nitrogens with one attached hydrogen (secondary N) is 2. The fourth-order valence-corrected chi connectivity index (χ4v) is 3.50. The average Bonchev–Trinajstić information content (AvgIpc) is 3.05. The maximum Gasteiger partial charge on any atom is 0.230 e. The van der Waals surface area contributed by atoms with Crippen LogP contribution in [0.2, 0.25) is 0 Å². The van der Waals surface area contributed by atoms with Gasteiger partial charge in [0.15, 0.2) is 0 Å². The van der Waals surface area contributed by atoms with E-state index < -0.39 is 0 Å². The van der Waals surface area contributed by atoms with E-state index in [2.05, 4.69) is 20.3 Å². The summed E-state index contributed by atoms with van der Waals surface area (Å²) in [5, 5.41) is 4.60. The number of thioether (sulfide) groups is 1. The van der Waals surface area contributed by atoms with Crippen molar-refractivity contribution in [1.82, 2.24) is 20.3 Å². The molecule has 2 N–H and O–H groups in total. The van der Waals surface area contributed by atoms with Crippen molar-refractivity contribution in [2.75, 3.05) is 5.75 Å². The molecule has 7 heteroatoms. The van der Waals surface area contributed by atoms with E-state index in [9.17, 15) is 9.18 Å². The van der Waals surface area contributed by atoms with E-state index in [1.165, 1.54) is 30.2 Å². The molecule has 0 aliphatic heterocycles. The normalized spacial score (nSPS) is 11.1. The van der Waals surface area contributed by atoms with Crippen molar-refractivity contribution < 1.29 is 9.18 Å². The number of para-hydroxylation sites is 1. The van der Waals surface area contributed by atoms with E-state index in [-0.39, 0.29) is 17.5 Å². The smallest absolute Gasteiger partial charge is 0.230 e. The van der Waals surface area contributed by atoms with Crippen molar-refractivity contribution >= 4 is 39.6 Å². The van der Waals surface area contributed by atoms with E-state index in [1.54, 1.807) is 12.1 Å². The first-order valence-electron chi connectivity index (χ1n) is 8.06. The molecule has 0 saturated heterocycles. The summed E-state index contributed by atoms with van der Waals surface area (Å²) in [6, 6.07) is 14.0. The fraction of sp³-hybridized carbons (Fsp3) is 0.105. The zero-order chi connectivity index (χ0) is 17.9. The third-order valence-corrected chi connectivity index (χ3v) is 4.99. The van der Waals surface area contributed by atoms with Gasteiger partial charge in [0.05, 0.1) is 11.3 Å². The minimum absolute atomic E-state index is 0.109. The van der Waals surface area contributed by atoms with Crippen molar-refractivity contribution in [2.24, 2.45) is 0 Å². The lowest BCUT2D eigenvalue weighted by molar-refractivity contribution is -0.118. The summed E-state index contributed by atoms with van der Waals surface area (Å²) in [4.78, 5) is 24.1. The first-order valence-corrected chi connectivity index (χ1v) is 9.04. The Kier molecular flexibility index (Phi) is 4.53. The highest BCUT2D eigenvalue weighted by atomic mass is 32.2. The zero-order valence-electron chi connectivity index (χ0n) is 13.7. The van der Waals surface area contributed by atoms with Crippen LogP contribution in [-0.2, 0) is 11.3 Å². The molecule has 2 heterocycles. The first-order chi connectivity index (χ1) is 12.7. The van der Waals surface area contributed by atoms with Crippen molar-refractivity contribution in [2.45, 2.75) is 11.6 Å². The van der Waals surface area contributed by atoms with Gasteiger partial charge in [-0.3, -0.25) is 4.79 Å². The number of nitrogens with zero attached hydrogens (tertiary/aromatic N) is 2. The average molecular weight is 366 g/mol. The quantitative estimate of drug-likeness (QED) is 0.418. The molecule has 4 rings (SSSR count). The van der Waals surface area contributed by atoms with Crippen LogP contribution in [0, 0.1) is 5.82 Å². The Balaban J connectivity index is 1.44. The van der Waals surface area contributed by atoms with Crippen LogP contribution in [0.5, 0.6) is 0 Å². The van der Waals surface area contributed by atoms with E-state index in [4.69, 9.17) is 0 Å². The number of fused-ring (bicyclic) bond motifs is 3. The van der Waals surface area contributed by atoms with E-state index in [1.807, 2.05) is 24.3 Å². The van der Waals surface area contributed by atoms with Crippen LogP contribution in [-0.4, -0.2) is 26.6 Å². The number of amides is 1. The molecule has 0 atom stereocenters. The Morgan fingerprint density at radius 1 is 1.12 bits per heavy atom. The number of carbonyl (C=O) groups excluding carboxylic acids is 1. The van der Waals surface area contributed by atoms with Crippen LogP contribution >= 0.6 is 11.8 Å². The molecule has 130 valence electrons. The zero-order valence-corrected chi connectivity index (χ0v) is 14.5. The standard InChI is InChI=1S/C19H15FN4OS/c20-13-7-5-12(6-8-13)9-21-16(25)10-26-19-18-17(22-11-23-19)14-3-1-2-4-15(14)24-18/h1-8,11,24H,9-10H2,(H,21,25). The summed E-state index contributed by atoms with van der Waals surface area (Å²) in [5.41, 5.74) is 3.53. The Morgan fingerprint density at radius 2 is 1.92 bits per heavy atom. The monoisotopic (exact) mass is 366 g/mol. The molecule has 2 aromatic carbocycles. The third-order valence-electron chi connectivity index (χ3n) is 4.00. The number of hydrogen-bond donors (Lipinski definition) is 2. The largest absolute Gasteiger partial charge is 0.351 e. The van der Waals surface area contributed by atoms with E-state index in [0.717, 1.165) is 32.5 Å². The summed E-state index contributed by atoms with van der Waals surface area (Å²) < 4.78 is 12.9. The predicted molar refractivity (Wildman–Crippen MR) is 100 cm³/mol. The number of aromatic nitrogens is 3. The number of halogens is 1. The molecule has 2 aromatic heterocycles. The molecular weight excluding hydrogens is 351 g/mol. The molecule has 0 spiro atoms. The number of hydrogen-bond acceptors (Lipinski definition) is 4. The van der Waals surface area contributed by atoms with Crippen molar-refractivity contribution in [3.05, 3.63) is 66.2 Å². The predicted octanol–water partition coefficient (Wildman–Crippen LogP) is 3.66. The summed E-state index contributed by atoms with van der Waals surface area (Å²) in [7, 11) is 0. The molecule has 5 nitrogen and oxygen atoms in total. The van der Waals surface area contributed by atoms with Gasteiger partial charge in [-0.05, 0) is 23.8 Å². The van der Waals surface area contributed by atoms with Crippen molar-refractivity contribution in [1.29, 1.82) is 0 Å². The maximum atomic E-state index is 12.9. The number of rotatable bonds is 5. The Bertz CT molecular complexity index is 1080. The molecule has 0 saturated carbocycles. The second-order valence-electron chi connectivity index (χ2n) is 5.76. The maximum absolute atomic E-state index is 12.9. The van der Waals surface area contributed by atoms with Crippen LogP contribution in [0.1, 0.15) is 5.56 Å². The van der Waals surface area contributed by atoms with Gasteiger partial charge in [-0.25, -0.2) is 14.4 Å². The van der Waals surface area contributed by atoms with Gasteiger partial charge in [0.2, 0.25) is 5.91 Å². The van der Waals surface area contributed by atoms with Crippen LogP contribution in [0.25, 0.3) is 21.9 Å². The van der Waals surface area contributed by atoms with Gasteiger partial charge in [0.1, 0.15) is 22.7 Å². The van der Waals surface area contributed by atoms with Crippen LogP contribution in [0.15, 0.2) is 59.9 Å². The van der Waals surface area contributed by atoms with Crippen molar-refractivity contribution in [3.63, 3.8) is 0 Å². The number of H-pyrrole nitrogens is 1. The summed E-state index contributed by atoms with van der Waals surface area (Å²) in [6.45, 7) is 0.366. The SMILES string of the molecule is O=C(CSc1ncnc2c1[nH]c1ccccc12)NCc1ccc(F)cc1. The number of aromatic amines is 1. The van der Waals surface area contributed by atoms with E-state index in [0.29, 0.717) is 6.54 Å². The van der Waals surface area contributed by atoms with Gasteiger partial charge in [-0.15, -0.1) is 0 Å². The first kappa shape index (κ1) is 16.5. The molecule has 0 radical (unpaired) electrons. The second kappa shape index (κ2) is 7.13. The number of carbonyl (C=O) groups is 1. The molecule has 0 aliphatic carbocycles. The minimum Gasteiger partial charge on any atom is -0.351 e. The molecule has 0 aliphatic rings. The van der Waals surface area contributed by atoms with Gasteiger partial charge in [-0.2, -0.15) is 0 Å². The van der Waals surface area contributed by atoms with E-state index >= 15 is 0 Å². The molecule has 4 aromatic rings. The molecule has 0 unspecified atom stereocenters. The van der Waals surface area contributed by atoms with Crippen LogP contribution < -0.4 is 5.32 Å². The van der Waals surface area contributed by atoms with Gasteiger partial charge in [0, 0.05) is 17.4 Å². The molecule has 26 heavy (non-hydrogen) atoms. The van der Waals surface area contributed by atoms with Gasteiger partial charge in [0.25, 0.3) is 0 Å². The van der Waals surface area contributed by atoms with Gasteiger partial charge in [-0.1, -0.05) is 42.1 Å². The van der Waals surface area contributed by atoms with Gasteiger partial charge >= 0.3 is 0 Å². The lowest BCUT2D eigenvalue weighted by atomic mass is 10.2. The fourth-order valence-electron chi connectivity index (χ4n) is 2.72. The minimum atomic E-state index is -0.290. The Labute approximate surface area is 153 Å². The third kappa shape index (κ3) is 3.39. The van der Waals surface area contributed by atoms with Gasteiger partial charge < -0.3 is 10.3 Å². The molecule has 0 fully saturated rings. The summed E-state index contributed by atoms with van der Waals surface area (Å²) >= 11 is 1.36. The summed E-state index contributed by atoms with van der Waals surface area (Å²) in [6.07, 6.45) is 1.52. The number of benzene rings is 2. The summed E-state index contributed by atoms with van der Waals surface area (Å²) in [5.74, 6) is -0.160. The van der Waals surface area contributed by atoms with Crippen molar-refractivity contribution in [3.8, 4) is 0 Å². The topological polar surface area (TPSA) is 70.7 Å². The highest BCUT2D eigenvalue weighted by Crippen LogP contribution is 2.29. The molecular formula is C19H15FN4OS. The van der Waals surface area contributed by atoms with Crippen LogP contribution in [0.3, 0.4) is 0 Å². The van der Waals surface area contributed by atoms with Crippen LogP contribution in [0.4, 0.5) is 4.39 Å². The lowest BCUT2D eigenvalue weighted by Gasteiger charge is -2.05. The highest BCUT2D eigenvalue weighted by molar-refractivity contribution is 8.00. The molecule has 0 bridgehead atoms. The Hall–Kier alpha value is -2.93. The highest BCUT2D eigenvalue weighted by Gasteiger charge is 2.12. The Morgan fingerprint density at radius 3 is 2.77 bits per heavy atom. The molecule has 1 amide bonds.